The van der Waals surface area contributed by atoms with Gasteiger partial charge in [-0.25, -0.2) is 0 Å². The molecule has 0 bridgehead atoms. The fraction of sp³-hybridized carbons (Fsp3) is 0. The van der Waals surface area contributed by atoms with Gasteiger partial charge in [-0.05, 0) is 30.3 Å². The van der Waals surface area contributed by atoms with E-state index in [1.807, 2.05) is 54.6 Å². The van der Waals surface area contributed by atoms with E-state index < -0.39 is 0 Å². The van der Waals surface area contributed by atoms with E-state index in [9.17, 15) is 0 Å². The number of hydrogen-bond acceptors (Lipinski definition) is 5. The van der Waals surface area contributed by atoms with Crippen LogP contribution in [0.5, 0.6) is 0 Å². The average Bonchev–Trinajstić information content (AvgIpc) is 2.49. The molecule has 3 rings (SSSR count). The van der Waals surface area contributed by atoms with Gasteiger partial charge in [0, 0.05) is 15.8 Å². The van der Waals surface area contributed by atoms with Crippen LogP contribution in [0.1, 0.15) is 0 Å². The summed E-state index contributed by atoms with van der Waals surface area (Å²) in [6.07, 6.45) is 1.58. The molecule has 0 radical (unpaired) electrons. The van der Waals surface area contributed by atoms with Crippen LogP contribution in [-0.4, -0.2) is 15.2 Å². The van der Waals surface area contributed by atoms with Crippen LogP contribution in [0.2, 0.25) is 0 Å². The first-order valence-corrected chi connectivity index (χ1v) is 7.13. The Morgan fingerprint density at radius 3 is 2.48 bits per heavy atom. The first-order chi connectivity index (χ1) is 10.3. The van der Waals surface area contributed by atoms with Gasteiger partial charge in [0.25, 0.3) is 0 Å². The molecule has 1 aromatic heterocycles. The summed E-state index contributed by atoms with van der Waals surface area (Å²) in [5.41, 5.74) is 1.84. The molecule has 0 unspecified atom stereocenters. The topological polar surface area (TPSA) is 62.7 Å². The van der Waals surface area contributed by atoms with Crippen LogP contribution in [0.4, 0.5) is 23.1 Å². The van der Waals surface area contributed by atoms with Crippen LogP contribution < -0.4 is 10.6 Å². The summed E-state index contributed by atoms with van der Waals surface area (Å²) in [5.74, 6) is 1.07. The monoisotopic (exact) mass is 341 g/mol. The zero-order valence-corrected chi connectivity index (χ0v) is 12.6. The lowest BCUT2D eigenvalue weighted by Gasteiger charge is -2.07. The second kappa shape index (κ2) is 6.32. The molecule has 2 N–H and O–H groups in total. The summed E-state index contributed by atoms with van der Waals surface area (Å²) >= 11 is 3.43. The highest BCUT2D eigenvalue weighted by molar-refractivity contribution is 9.10. The molecule has 0 fully saturated rings. The van der Waals surface area contributed by atoms with Gasteiger partial charge in [-0.2, -0.15) is 10.1 Å². The molecule has 21 heavy (non-hydrogen) atoms. The largest absolute Gasteiger partial charge is 0.339 e. The van der Waals surface area contributed by atoms with Gasteiger partial charge in [0.05, 0.1) is 6.20 Å². The minimum atomic E-state index is 0.446. The summed E-state index contributed by atoms with van der Waals surface area (Å²) in [5, 5.41) is 14.2. The van der Waals surface area contributed by atoms with E-state index in [2.05, 4.69) is 41.7 Å². The van der Waals surface area contributed by atoms with Crippen molar-refractivity contribution in [1.82, 2.24) is 15.2 Å². The average molecular weight is 342 g/mol. The molecule has 3 aromatic rings. The Balaban J connectivity index is 1.77. The maximum atomic E-state index is 4.38. The van der Waals surface area contributed by atoms with E-state index in [1.54, 1.807) is 6.20 Å². The molecule has 5 nitrogen and oxygen atoms in total. The van der Waals surface area contributed by atoms with Crippen molar-refractivity contribution in [3.63, 3.8) is 0 Å². The molecule has 0 aliphatic carbocycles. The fourth-order valence-corrected chi connectivity index (χ4v) is 2.18. The maximum Gasteiger partial charge on any atom is 0.249 e. The summed E-state index contributed by atoms with van der Waals surface area (Å²) in [6, 6.07) is 17.6. The number of para-hydroxylation sites is 1. The molecule has 104 valence electrons. The molecule has 1 heterocycles. The standard InChI is InChI=1S/C15H12BrN5/c16-11-5-4-8-13(9-11)18-14-10-17-21-15(20-14)19-12-6-2-1-3-7-12/h1-10H,(H2,18,19,20,21). The van der Waals surface area contributed by atoms with E-state index in [0.717, 1.165) is 15.8 Å². The minimum Gasteiger partial charge on any atom is -0.339 e. The second-order valence-corrected chi connectivity index (χ2v) is 5.21. The number of halogens is 1. The third-order valence-corrected chi connectivity index (χ3v) is 3.18. The summed E-state index contributed by atoms with van der Waals surface area (Å²) in [4.78, 5) is 4.38. The lowest BCUT2D eigenvalue weighted by molar-refractivity contribution is 0.982. The minimum absolute atomic E-state index is 0.446. The van der Waals surface area contributed by atoms with Crippen LogP contribution in [0.25, 0.3) is 0 Å². The van der Waals surface area contributed by atoms with Gasteiger partial charge >= 0.3 is 0 Å². The molecule has 0 saturated carbocycles. The summed E-state index contributed by atoms with van der Waals surface area (Å²) < 4.78 is 0.997. The van der Waals surface area contributed by atoms with Crippen molar-refractivity contribution in [3.8, 4) is 0 Å². The Morgan fingerprint density at radius 2 is 1.67 bits per heavy atom. The number of rotatable bonds is 4. The van der Waals surface area contributed by atoms with Crippen molar-refractivity contribution in [3.05, 3.63) is 65.3 Å². The number of benzene rings is 2. The predicted molar refractivity (Wildman–Crippen MR) is 87.0 cm³/mol. The van der Waals surface area contributed by atoms with Gasteiger partial charge in [0.15, 0.2) is 5.82 Å². The van der Waals surface area contributed by atoms with Gasteiger partial charge in [0.2, 0.25) is 5.95 Å². The first kappa shape index (κ1) is 13.5. The van der Waals surface area contributed by atoms with Crippen LogP contribution in [0.15, 0.2) is 65.3 Å². The highest BCUT2D eigenvalue weighted by atomic mass is 79.9. The zero-order chi connectivity index (χ0) is 14.5. The molecule has 0 aliphatic rings. The van der Waals surface area contributed by atoms with Gasteiger partial charge in [-0.15, -0.1) is 5.10 Å². The Labute approximate surface area is 130 Å². The number of anilines is 4. The van der Waals surface area contributed by atoms with Crippen LogP contribution in [0, 0.1) is 0 Å². The lowest BCUT2D eigenvalue weighted by atomic mass is 10.3. The van der Waals surface area contributed by atoms with Crippen molar-refractivity contribution in [1.29, 1.82) is 0 Å². The lowest BCUT2D eigenvalue weighted by Crippen LogP contribution is -2.02. The number of aromatic nitrogens is 3. The smallest absolute Gasteiger partial charge is 0.249 e. The molecule has 2 aromatic carbocycles. The van der Waals surface area contributed by atoms with Gasteiger partial charge in [-0.3, -0.25) is 0 Å². The maximum absolute atomic E-state index is 4.38. The van der Waals surface area contributed by atoms with Crippen LogP contribution in [0.3, 0.4) is 0 Å². The number of nitrogens with one attached hydrogen (secondary N) is 2. The predicted octanol–water partition coefficient (Wildman–Crippen LogP) is 4.12. The third-order valence-electron chi connectivity index (χ3n) is 2.69. The van der Waals surface area contributed by atoms with E-state index in [0.29, 0.717) is 11.8 Å². The van der Waals surface area contributed by atoms with Crippen molar-refractivity contribution >= 4 is 39.1 Å². The molecule has 0 spiro atoms. The Hall–Kier alpha value is -2.47. The first-order valence-electron chi connectivity index (χ1n) is 6.34. The van der Waals surface area contributed by atoms with E-state index >= 15 is 0 Å². The normalized spacial score (nSPS) is 10.1. The Kier molecular flexibility index (Phi) is 4.07. The molecule has 0 aliphatic heterocycles. The highest BCUT2D eigenvalue weighted by Crippen LogP contribution is 2.19. The fourth-order valence-electron chi connectivity index (χ4n) is 1.78. The van der Waals surface area contributed by atoms with Crippen molar-refractivity contribution in [2.75, 3.05) is 10.6 Å². The molecule has 0 amide bonds. The van der Waals surface area contributed by atoms with Gasteiger partial charge in [-0.1, -0.05) is 40.2 Å². The van der Waals surface area contributed by atoms with Crippen molar-refractivity contribution < 1.29 is 0 Å². The summed E-state index contributed by atoms with van der Waals surface area (Å²) in [7, 11) is 0. The Bertz CT molecular complexity index is 733. The number of nitrogens with zero attached hydrogens (tertiary/aromatic N) is 3. The number of hydrogen-bond donors (Lipinski definition) is 2. The second-order valence-electron chi connectivity index (χ2n) is 4.29. The molecule has 0 saturated heterocycles. The Morgan fingerprint density at radius 1 is 0.857 bits per heavy atom. The highest BCUT2D eigenvalue weighted by Gasteiger charge is 2.02. The van der Waals surface area contributed by atoms with Crippen molar-refractivity contribution in [2.45, 2.75) is 0 Å². The molecule has 6 heteroatoms. The zero-order valence-electron chi connectivity index (χ0n) is 11.0. The van der Waals surface area contributed by atoms with Crippen molar-refractivity contribution in [2.24, 2.45) is 0 Å². The summed E-state index contributed by atoms with van der Waals surface area (Å²) in [6.45, 7) is 0. The molecular formula is C15H12BrN5. The van der Waals surface area contributed by atoms with Gasteiger partial charge < -0.3 is 10.6 Å². The van der Waals surface area contributed by atoms with Crippen LogP contribution in [-0.2, 0) is 0 Å². The molecule has 0 atom stereocenters. The van der Waals surface area contributed by atoms with E-state index in [4.69, 9.17) is 0 Å². The third kappa shape index (κ3) is 3.76. The quantitative estimate of drug-likeness (QED) is 0.747. The molecular weight excluding hydrogens is 330 g/mol. The van der Waals surface area contributed by atoms with Gasteiger partial charge in [0.1, 0.15) is 0 Å². The van der Waals surface area contributed by atoms with Crippen LogP contribution >= 0.6 is 15.9 Å². The van der Waals surface area contributed by atoms with E-state index in [-0.39, 0.29) is 0 Å². The van der Waals surface area contributed by atoms with E-state index in [1.165, 1.54) is 0 Å². The SMILES string of the molecule is Brc1cccc(Nc2cnnc(Nc3ccccc3)n2)c1.